The molecule has 1 amide bonds. The summed E-state index contributed by atoms with van der Waals surface area (Å²) in [7, 11) is 2.12. The average molecular weight is 351 g/mol. The van der Waals surface area contributed by atoms with Crippen LogP contribution in [0, 0.1) is 11.7 Å². The first-order valence-electron chi connectivity index (χ1n) is 8.88. The number of amides is 1. The highest BCUT2D eigenvalue weighted by molar-refractivity contribution is 5.85. The van der Waals surface area contributed by atoms with Crippen molar-refractivity contribution in [3.63, 3.8) is 0 Å². The van der Waals surface area contributed by atoms with Crippen LogP contribution in [-0.4, -0.2) is 42.8 Å². The van der Waals surface area contributed by atoms with E-state index in [9.17, 15) is 9.18 Å². The van der Waals surface area contributed by atoms with E-state index in [1.807, 2.05) is 0 Å². The van der Waals surface area contributed by atoms with Crippen LogP contribution in [0.3, 0.4) is 0 Å². The van der Waals surface area contributed by atoms with Crippen molar-refractivity contribution in [2.75, 3.05) is 30.8 Å². The molecule has 0 radical (unpaired) electrons. The second kappa shape index (κ2) is 8.04. The molecule has 1 aromatic rings. The number of ether oxygens (including phenoxy) is 1. The average Bonchev–Trinajstić information content (AvgIpc) is 2.48. The first-order chi connectivity index (χ1) is 11.6. The molecule has 2 rings (SSSR count). The number of hydrogen-bond acceptors (Lipinski definition) is 4. The van der Waals surface area contributed by atoms with Crippen LogP contribution in [0.1, 0.15) is 40.5 Å². The lowest BCUT2D eigenvalue weighted by atomic mass is 9.91. The molecule has 140 valence electrons. The highest BCUT2D eigenvalue weighted by Gasteiger charge is 2.23. The van der Waals surface area contributed by atoms with Crippen LogP contribution in [0.25, 0.3) is 0 Å². The standard InChI is InChI=1S/C19H30FN3O2/c1-13(14-7-6-10-23(5)12-14)21-17-11-15(8-9-16(17)20)22-18(24)25-19(2,3)4/h8-9,11,13-14,21H,6-7,10,12H2,1-5H3,(H,22,24). The minimum atomic E-state index is -0.577. The Morgan fingerprint density at radius 2 is 2.12 bits per heavy atom. The Kier molecular flexibility index (Phi) is 6.27. The molecule has 1 saturated heterocycles. The maximum Gasteiger partial charge on any atom is 0.412 e. The van der Waals surface area contributed by atoms with Crippen molar-refractivity contribution in [1.82, 2.24) is 4.90 Å². The fourth-order valence-corrected chi connectivity index (χ4v) is 3.11. The lowest BCUT2D eigenvalue weighted by Crippen LogP contribution is -2.40. The normalized spacial score (nSPS) is 20.0. The van der Waals surface area contributed by atoms with E-state index in [0.29, 0.717) is 17.3 Å². The first-order valence-corrected chi connectivity index (χ1v) is 8.88. The number of anilines is 2. The van der Waals surface area contributed by atoms with Gasteiger partial charge >= 0.3 is 6.09 Å². The van der Waals surface area contributed by atoms with Crippen LogP contribution < -0.4 is 10.6 Å². The maximum absolute atomic E-state index is 14.2. The van der Waals surface area contributed by atoms with E-state index < -0.39 is 11.7 Å². The fraction of sp³-hybridized carbons (Fsp3) is 0.632. The summed E-state index contributed by atoms with van der Waals surface area (Å²) in [6.45, 7) is 9.60. The molecule has 0 spiro atoms. The number of hydrogen-bond donors (Lipinski definition) is 2. The molecular formula is C19H30FN3O2. The van der Waals surface area contributed by atoms with Crippen molar-refractivity contribution in [3.8, 4) is 0 Å². The summed E-state index contributed by atoms with van der Waals surface area (Å²) in [5.74, 6) is 0.145. The third-order valence-corrected chi connectivity index (χ3v) is 4.36. The van der Waals surface area contributed by atoms with Crippen molar-refractivity contribution < 1.29 is 13.9 Å². The zero-order chi connectivity index (χ0) is 18.6. The number of nitrogens with one attached hydrogen (secondary N) is 2. The zero-order valence-corrected chi connectivity index (χ0v) is 15.9. The molecule has 25 heavy (non-hydrogen) atoms. The van der Waals surface area contributed by atoms with Crippen LogP contribution in [-0.2, 0) is 4.74 Å². The summed E-state index contributed by atoms with van der Waals surface area (Å²) in [5.41, 5.74) is 0.326. The quantitative estimate of drug-likeness (QED) is 0.848. The molecule has 0 saturated carbocycles. The molecule has 0 aromatic heterocycles. The number of carbonyl (C=O) groups excluding carboxylic acids is 1. The van der Waals surface area contributed by atoms with Gasteiger partial charge in [-0.05, 0) is 78.2 Å². The van der Waals surface area contributed by atoms with E-state index in [0.717, 1.165) is 25.9 Å². The Hall–Kier alpha value is -1.82. The lowest BCUT2D eigenvalue weighted by Gasteiger charge is -2.34. The van der Waals surface area contributed by atoms with Gasteiger partial charge in [0, 0.05) is 18.3 Å². The molecule has 2 N–H and O–H groups in total. The first kappa shape index (κ1) is 19.5. The Bertz CT molecular complexity index is 601. The van der Waals surface area contributed by atoms with Crippen molar-refractivity contribution in [3.05, 3.63) is 24.0 Å². The van der Waals surface area contributed by atoms with Gasteiger partial charge in [0.1, 0.15) is 11.4 Å². The minimum Gasteiger partial charge on any atom is -0.444 e. The van der Waals surface area contributed by atoms with E-state index in [-0.39, 0.29) is 11.9 Å². The Morgan fingerprint density at radius 1 is 1.40 bits per heavy atom. The van der Waals surface area contributed by atoms with Crippen molar-refractivity contribution in [2.45, 2.75) is 52.2 Å². The molecule has 0 aliphatic carbocycles. The van der Waals surface area contributed by atoms with Gasteiger partial charge in [-0.1, -0.05) is 0 Å². The third kappa shape index (κ3) is 6.20. The summed E-state index contributed by atoms with van der Waals surface area (Å²) in [4.78, 5) is 14.2. The number of rotatable bonds is 4. The van der Waals surface area contributed by atoms with E-state index in [4.69, 9.17) is 4.74 Å². The van der Waals surface area contributed by atoms with Crippen LogP contribution in [0.4, 0.5) is 20.6 Å². The number of nitrogens with zero attached hydrogens (tertiary/aromatic N) is 1. The molecule has 0 bridgehead atoms. The van der Waals surface area contributed by atoms with Crippen molar-refractivity contribution >= 4 is 17.5 Å². The van der Waals surface area contributed by atoms with E-state index in [1.54, 1.807) is 26.8 Å². The molecule has 2 atom stereocenters. The number of piperidine rings is 1. The summed E-state index contributed by atoms with van der Waals surface area (Å²) < 4.78 is 19.4. The van der Waals surface area contributed by atoms with Gasteiger partial charge in [-0.2, -0.15) is 0 Å². The summed E-state index contributed by atoms with van der Waals surface area (Å²) in [6.07, 6.45) is 1.75. The molecule has 1 fully saturated rings. The third-order valence-electron chi connectivity index (χ3n) is 4.36. The Balaban J connectivity index is 2.02. The largest absolute Gasteiger partial charge is 0.444 e. The Labute approximate surface area is 149 Å². The highest BCUT2D eigenvalue weighted by Crippen LogP contribution is 2.25. The maximum atomic E-state index is 14.2. The monoisotopic (exact) mass is 351 g/mol. The van der Waals surface area contributed by atoms with Crippen molar-refractivity contribution in [2.24, 2.45) is 5.92 Å². The molecule has 1 aliphatic rings. The zero-order valence-electron chi connectivity index (χ0n) is 15.9. The number of halogens is 1. The summed E-state index contributed by atoms with van der Waals surface area (Å²) >= 11 is 0. The Morgan fingerprint density at radius 3 is 2.76 bits per heavy atom. The van der Waals surface area contributed by atoms with Gasteiger partial charge in [-0.25, -0.2) is 9.18 Å². The van der Waals surface area contributed by atoms with E-state index in [2.05, 4.69) is 29.5 Å². The molecule has 1 heterocycles. The van der Waals surface area contributed by atoms with Gasteiger partial charge in [-0.15, -0.1) is 0 Å². The second-order valence-corrected chi connectivity index (χ2v) is 7.92. The lowest BCUT2D eigenvalue weighted by molar-refractivity contribution is 0.0636. The summed E-state index contributed by atoms with van der Waals surface area (Å²) in [5, 5.41) is 5.92. The van der Waals surface area contributed by atoms with Crippen LogP contribution in [0.2, 0.25) is 0 Å². The van der Waals surface area contributed by atoms with Gasteiger partial charge in [0.05, 0.1) is 5.69 Å². The van der Waals surface area contributed by atoms with Gasteiger partial charge in [0.15, 0.2) is 0 Å². The second-order valence-electron chi connectivity index (χ2n) is 7.92. The fourth-order valence-electron chi connectivity index (χ4n) is 3.11. The molecule has 6 heteroatoms. The van der Waals surface area contributed by atoms with Gasteiger partial charge in [0.2, 0.25) is 0 Å². The molecule has 1 aromatic carbocycles. The number of carbonyl (C=O) groups is 1. The van der Waals surface area contributed by atoms with E-state index >= 15 is 0 Å². The molecule has 1 aliphatic heterocycles. The highest BCUT2D eigenvalue weighted by atomic mass is 19.1. The van der Waals surface area contributed by atoms with Gasteiger partial charge < -0.3 is 15.0 Å². The van der Waals surface area contributed by atoms with Crippen LogP contribution in [0.15, 0.2) is 18.2 Å². The number of benzene rings is 1. The smallest absolute Gasteiger partial charge is 0.412 e. The predicted octanol–water partition coefficient (Wildman–Crippen LogP) is 4.31. The number of likely N-dealkylation sites (tertiary alicyclic amines) is 1. The molecule has 2 unspecified atom stereocenters. The van der Waals surface area contributed by atoms with Gasteiger partial charge in [0.25, 0.3) is 0 Å². The predicted molar refractivity (Wildman–Crippen MR) is 99.6 cm³/mol. The van der Waals surface area contributed by atoms with Crippen molar-refractivity contribution in [1.29, 1.82) is 0 Å². The van der Waals surface area contributed by atoms with Crippen LogP contribution in [0.5, 0.6) is 0 Å². The minimum absolute atomic E-state index is 0.147. The van der Waals surface area contributed by atoms with Crippen LogP contribution >= 0.6 is 0 Å². The molecule has 5 nitrogen and oxygen atoms in total. The molecular weight excluding hydrogens is 321 g/mol. The summed E-state index contributed by atoms with van der Waals surface area (Å²) in [6, 6.07) is 4.65. The SMILES string of the molecule is CC(Nc1cc(NC(=O)OC(C)(C)C)ccc1F)C1CCCN(C)C1. The van der Waals surface area contributed by atoms with E-state index in [1.165, 1.54) is 12.1 Å². The topological polar surface area (TPSA) is 53.6 Å². The van der Waals surface area contributed by atoms with Gasteiger partial charge in [-0.3, -0.25) is 5.32 Å².